The number of amides is 2. The summed E-state index contributed by atoms with van der Waals surface area (Å²) < 4.78 is 5.39. The number of ether oxygens (including phenoxy) is 1. The van der Waals surface area contributed by atoms with Gasteiger partial charge in [0, 0.05) is 19.6 Å². The molecule has 0 bridgehead atoms. The number of likely N-dealkylation sites (tertiary alicyclic amines) is 1. The van der Waals surface area contributed by atoms with Gasteiger partial charge in [0.25, 0.3) is 0 Å². The number of carbonyl (C=O) groups excluding carboxylic acids is 1. The van der Waals surface area contributed by atoms with Crippen molar-refractivity contribution in [3.63, 3.8) is 0 Å². The number of nitrogens with one attached hydrogen (secondary N) is 1. The molecule has 2 aliphatic rings. The largest absolute Gasteiger partial charge is 0.479 e. The number of nitrogens with zero attached hydrogens (tertiary/aromatic N) is 1. The lowest BCUT2D eigenvalue weighted by molar-refractivity contribution is -0.149. The normalized spacial score (nSPS) is 30.0. The quantitative estimate of drug-likeness (QED) is 0.830. The second-order valence-electron chi connectivity index (χ2n) is 6.04. The van der Waals surface area contributed by atoms with Crippen molar-refractivity contribution >= 4 is 12.0 Å². The molecular weight excluding hydrogens is 272 g/mol. The second kappa shape index (κ2) is 7.64. The van der Waals surface area contributed by atoms with Crippen LogP contribution in [0.25, 0.3) is 0 Å². The van der Waals surface area contributed by atoms with Gasteiger partial charge >= 0.3 is 12.0 Å². The van der Waals surface area contributed by atoms with Crippen LogP contribution in [0.1, 0.15) is 45.4 Å². The van der Waals surface area contributed by atoms with Crippen molar-refractivity contribution in [1.82, 2.24) is 10.2 Å². The highest BCUT2D eigenvalue weighted by Crippen LogP contribution is 2.21. The van der Waals surface area contributed by atoms with Gasteiger partial charge in [0.1, 0.15) is 0 Å². The smallest absolute Gasteiger partial charge is 0.332 e. The zero-order valence-corrected chi connectivity index (χ0v) is 12.7. The number of carboxylic acid groups (broad SMARTS) is 1. The van der Waals surface area contributed by atoms with Gasteiger partial charge in [-0.3, -0.25) is 0 Å². The Labute approximate surface area is 125 Å². The standard InChI is InChI=1S/C15H26N2O4/c1-2-11-4-3-8-17(9-7-11)15(20)16-10-12-5-6-13(21-12)14(18)19/h11-13H,2-10H2,1H3,(H,16,20)(H,18,19). The summed E-state index contributed by atoms with van der Waals surface area (Å²) >= 11 is 0. The molecule has 0 radical (unpaired) electrons. The summed E-state index contributed by atoms with van der Waals surface area (Å²) in [6.45, 7) is 4.23. The fourth-order valence-corrected chi connectivity index (χ4v) is 3.13. The van der Waals surface area contributed by atoms with E-state index in [1.165, 1.54) is 12.8 Å². The number of carbonyl (C=O) groups is 2. The first kappa shape index (κ1) is 16.1. The summed E-state index contributed by atoms with van der Waals surface area (Å²) in [5, 5.41) is 11.8. The lowest BCUT2D eigenvalue weighted by Gasteiger charge is -2.22. The lowest BCUT2D eigenvalue weighted by atomic mass is 9.98. The molecular formula is C15H26N2O4. The topological polar surface area (TPSA) is 78.9 Å². The average molecular weight is 298 g/mol. The third-order valence-electron chi connectivity index (χ3n) is 4.58. The Kier molecular flexibility index (Phi) is 5.85. The minimum Gasteiger partial charge on any atom is -0.479 e. The molecule has 2 aliphatic heterocycles. The van der Waals surface area contributed by atoms with Crippen LogP contribution in [0, 0.1) is 5.92 Å². The summed E-state index contributed by atoms with van der Waals surface area (Å²) in [5.74, 6) is -0.181. The number of hydrogen-bond donors (Lipinski definition) is 2. The van der Waals surface area contributed by atoms with Gasteiger partial charge in [-0.25, -0.2) is 9.59 Å². The molecule has 3 atom stereocenters. The van der Waals surface area contributed by atoms with Crippen molar-refractivity contribution in [3.05, 3.63) is 0 Å². The van der Waals surface area contributed by atoms with Gasteiger partial charge in [-0.15, -0.1) is 0 Å². The van der Waals surface area contributed by atoms with Crippen LogP contribution in [0.2, 0.25) is 0 Å². The molecule has 2 fully saturated rings. The van der Waals surface area contributed by atoms with Gasteiger partial charge in [-0.2, -0.15) is 0 Å². The number of rotatable bonds is 4. The molecule has 2 amide bonds. The van der Waals surface area contributed by atoms with Crippen LogP contribution in [-0.4, -0.2) is 53.8 Å². The molecule has 3 unspecified atom stereocenters. The Balaban J connectivity index is 1.71. The number of urea groups is 1. The van der Waals surface area contributed by atoms with Crippen LogP contribution in [0.3, 0.4) is 0 Å². The molecule has 2 heterocycles. The summed E-state index contributed by atoms with van der Waals surface area (Å²) in [5.41, 5.74) is 0. The van der Waals surface area contributed by atoms with Crippen molar-refractivity contribution in [2.75, 3.05) is 19.6 Å². The predicted molar refractivity (Wildman–Crippen MR) is 78.1 cm³/mol. The van der Waals surface area contributed by atoms with Crippen molar-refractivity contribution < 1.29 is 19.4 Å². The molecule has 0 aromatic rings. The number of hydrogen-bond acceptors (Lipinski definition) is 3. The van der Waals surface area contributed by atoms with E-state index < -0.39 is 12.1 Å². The van der Waals surface area contributed by atoms with Gasteiger partial charge in [0.2, 0.25) is 0 Å². The Bertz CT molecular complexity index is 375. The predicted octanol–water partition coefficient (Wildman–Crippen LogP) is 1.84. The molecule has 6 heteroatoms. The van der Waals surface area contributed by atoms with E-state index in [4.69, 9.17) is 9.84 Å². The maximum atomic E-state index is 12.2. The molecule has 0 spiro atoms. The van der Waals surface area contributed by atoms with E-state index in [-0.39, 0.29) is 12.1 Å². The first-order valence-electron chi connectivity index (χ1n) is 8.01. The van der Waals surface area contributed by atoms with Crippen LogP contribution in [0.15, 0.2) is 0 Å². The van der Waals surface area contributed by atoms with E-state index in [1.807, 2.05) is 4.90 Å². The van der Waals surface area contributed by atoms with E-state index in [0.717, 1.165) is 31.8 Å². The molecule has 21 heavy (non-hydrogen) atoms. The minimum absolute atomic E-state index is 0.0471. The molecule has 0 aromatic carbocycles. The van der Waals surface area contributed by atoms with E-state index in [2.05, 4.69) is 12.2 Å². The third-order valence-corrected chi connectivity index (χ3v) is 4.58. The average Bonchev–Trinajstić information content (AvgIpc) is 2.82. The van der Waals surface area contributed by atoms with Gasteiger partial charge in [-0.05, 0) is 38.0 Å². The van der Waals surface area contributed by atoms with Crippen LogP contribution in [0.4, 0.5) is 4.79 Å². The Morgan fingerprint density at radius 1 is 1.24 bits per heavy atom. The van der Waals surface area contributed by atoms with Crippen LogP contribution >= 0.6 is 0 Å². The third kappa shape index (κ3) is 4.59. The Hall–Kier alpha value is -1.30. The maximum Gasteiger partial charge on any atom is 0.332 e. The van der Waals surface area contributed by atoms with Crippen molar-refractivity contribution in [1.29, 1.82) is 0 Å². The Morgan fingerprint density at radius 3 is 2.71 bits per heavy atom. The summed E-state index contributed by atoms with van der Waals surface area (Å²) in [6, 6.07) is -0.0471. The first-order chi connectivity index (χ1) is 10.1. The van der Waals surface area contributed by atoms with E-state index in [0.29, 0.717) is 19.4 Å². The van der Waals surface area contributed by atoms with Gasteiger partial charge in [0.15, 0.2) is 6.10 Å². The monoisotopic (exact) mass is 298 g/mol. The SMILES string of the molecule is CCC1CCCN(C(=O)NCC2CCC(C(=O)O)O2)CC1. The summed E-state index contributed by atoms with van der Waals surface area (Å²) in [7, 11) is 0. The molecule has 2 N–H and O–H groups in total. The van der Waals surface area contributed by atoms with E-state index in [9.17, 15) is 9.59 Å². The number of aliphatic carboxylic acids is 1. The first-order valence-corrected chi connectivity index (χ1v) is 8.01. The molecule has 0 aromatic heterocycles. The highest BCUT2D eigenvalue weighted by molar-refractivity contribution is 5.74. The molecule has 0 aliphatic carbocycles. The van der Waals surface area contributed by atoms with E-state index >= 15 is 0 Å². The fourth-order valence-electron chi connectivity index (χ4n) is 3.13. The van der Waals surface area contributed by atoms with Crippen molar-refractivity contribution in [2.45, 2.75) is 57.7 Å². The van der Waals surface area contributed by atoms with E-state index in [1.54, 1.807) is 0 Å². The van der Waals surface area contributed by atoms with Crippen molar-refractivity contribution in [2.24, 2.45) is 5.92 Å². The van der Waals surface area contributed by atoms with Crippen LogP contribution in [0.5, 0.6) is 0 Å². The second-order valence-corrected chi connectivity index (χ2v) is 6.04. The van der Waals surface area contributed by atoms with Gasteiger partial charge in [0.05, 0.1) is 6.10 Å². The minimum atomic E-state index is -0.915. The zero-order valence-electron chi connectivity index (χ0n) is 12.7. The molecule has 0 saturated carbocycles. The zero-order chi connectivity index (χ0) is 15.2. The Morgan fingerprint density at radius 2 is 2.05 bits per heavy atom. The molecule has 120 valence electrons. The fraction of sp³-hybridized carbons (Fsp3) is 0.867. The van der Waals surface area contributed by atoms with Crippen molar-refractivity contribution in [3.8, 4) is 0 Å². The molecule has 2 saturated heterocycles. The maximum absolute atomic E-state index is 12.2. The molecule has 2 rings (SSSR count). The van der Waals surface area contributed by atoms with Gasteiger partial charge in [-0.1, -0.05) is 13.3 Å². The lowest BCUT2D eigenvalue weighted by Crippen LogP contribution is -2.43. The highest BCUT2D eigenvalue weighted by Gasteiger charge is 2.31. The summed E-state index contributed by atoms with van der Waals surface area (Å²) in [4.78, 5) is 24.8. The number of carboxylic acids is 1. The van der Waals surface area contributed by atoms with Gasteiger partial charge < -0.3 is 20.1 Å². The van der Waals surface area contributed by atoms with Crippen LogP contribution in [-0.2, 0) is 9.53 Å². The molecule has 6 nitrogen and oxygen atoms in total. The van der Waals surface area contributed by atoms with Crippen LogP contribution < -0.4 is 5.32 Å². The summed E-state index contributed by atoms with van der Waals surface area (Å²) in [6.07, 6.45) is 4.85. The highest BCUT2D eigenvalue weighted by atomic mass is 16.5.